The Hall–Kier alpha value is -1.14. The van der Waals surface area contributed by atoms with Crippen LogP contribution in [0.3, 0.4) is 0 Å². The van der Waals surface area contributed by atoms with Gasteiger partial charge in [0.05, 0.1) is 10.4 Å². The van der Waals surface area contributed by atoms with Crippen LogP contribution in [0.4, 0.5) is 13.2 Å². The summed E-state index contributed by atoms with van der Waals surface area (Å²) >= 11 is 4.46. The third-order valence-electron chi connectivity index (χ3n) is 2.76. The van der Waals surface area contributed by atoms with E-state index >= 15 is 0 Å². The van der Waals surface area contributed by atoms with Crippen molar-refractivity contribution in [3.8, 4) is 10.4 Å². The van der Waals surface area contributed by atoms with Crippen molar-refractivity contribution < 1.29 is 18.0 Å². The van der Waals surface area contributed by atoms with E-state index in [0.29, 0.717) is 26.2 Å². The van der Waals surface area contributed by atoms with Gasteiger partial charge in [-0.3, -0.25) is 4.79 Å². The molecule has 2 aromatic rings. The van der Waals surface area contributed by atoms with E-state index < -0.39 is 11.7 Å². The predicted octanol–water partition coefficient (Wildman–Crippen LogP) is 5.79. The molecule has 1 aromatic carbocycles. The molecule has 0 saturated heterocycles. The fourth-order valence-electron chi connectivity index (χ4n) is 1.70. The Bertz CT molecular complexity index is 646. The SMILES string of the molecule is CCC(=O)c1ccc(-c2cc(C(F)(F)F)ccc2Br)s1. The van der Waals surface area contributed by atoms with E-state index in [0.717, 1.165) is 12.1 Å². The molecular formula is C14H10BrF3OS. The largest absolute Gasteiger partial charge is 0.416 e. The second-order valence-electron chi connectivity index (χ2n) is 4.13. The summed E-state index contributed by atoms with van der Waals surface area (Å²) in [7, 11) is 0. The van der Waals surface area contributed by atoms with Crippen LogP contribution in [-0.2, 0) is 6.18 Å². The Morgan fingerprint density at radius 3 is 2.55 bits per heavy atom. The molecular weight excluding hydrogens is 353 g/mol. The molecule has 0 fully saturated rings. The van der Waals surface area contributed by atoms with Crippen molar-refractivity contribution in [2.24, 2.45) is 0 Å². The van der Waals surface area contributed by atoms with Gasteiger partial charge in [-0.05, 0) is 30.3 Å². The van der Waals surface area contributed by atoms with E-state index in [2.05, 4.69) is 15.9 Å². The molecule has 0 saturated carbocycles. The Morgan fingerprint density at radius 2 is 1.95 bits per heavy atom. The molecule has 2 rings (SSSR count). The van der Waals surface area contributed by atoms with Crippen molar-refractivity contribution in [2.75, 3.05) is 0 Å². The average Bonchev–Trinajstić information content (AvgIpc) is 2.86. The maximum atomic E-state index is 12.7. The summed E-state index contributed by atoms with van der Waals surface area (Å²) in [5.41, 5.74) is -0.257. The molecule has 0 aliphatic heterocycles. The third kappa shape index (κ3) is 3.12. The number of hydrogen-bond acceptors (Lipinski definition) is 2. The van der Waals surface area contributed by atoms with Crippen LogP contribution in [0.5, 0.6) is 0 Å². The number of thiophene rings is 1. The minimum Gasteiger partial charge on any atom is -0.293 e. The second kappa shape index (κ2) is 5.69. The predicted molar refractivity (Wildman–Crippen MR) is 77.1 cm³/mol. The lowest BCUT2D eigenvalue weighted by atomic mass is 10.1. The number of alkyl halides is 3. The molecule has 1 heterocycles. The van der Waals surface area contributed by atoms with E-state index in [1.165, 1.54) is 17.4 Å². The summed E-state index contributed by atoms with van der Waals surface area (Å²) in [6.07, 6.45) is -4.00. The summed E-state index contributed by atoms with van der Waals surface area (Å²) in [6, 6.07) is 6.82. The quantitative estimate of drug-likeness (QED) is 0.631. The molecule has 0 aliphatic carbocycles. The van der Waals surface area contributed by atoms with E-state index in [9.17, 15) is 18.0 Å². The van der Waals surface area contributed by atoms with Crippen molar-refractivity contribution in [1.82, 2.24) is 0 Å². The smallest absolute Gasteiger partial charge is 0.293 e. The first-order chi connectivity index (χ1) is 9.32. The van der Waals surface area contributed by atoms with Crippen molar-refractivity contribution in [3.63, 3.8) is 0 Å². The Morgan fingerprint density at radius 1 is 1.25 bits per heavy atom. The highest BCUT2D eigenvalue weighted by molar-refractivity contribution is 9.10. The van der Waals surface area contributed by atoms with E-state index in [1.807, 2.05) is 0 Å². The van der Waals surface area contributed by atoms with Crippen LogP contribution in [0.25, 0.3) is 10.4 Å². The average molecular weight is 363 g/mol. The zero-order valence-corrected chi connectivity index (χ0v) is 12.8. The van der Waals surface area contributed by atoms with Gasteiger partial charge in [-0.25, -0.2) is 0 Å². The summed E-state index contributed by atoms with van der Waals surface area (Å²) in [6.45, 7) is 1.75. The van der Waals surface area contributed by atoms with Gasteiger partial charge < -0.3 is 0 Å². The number of Topliss-reactive ketones (excluding diaryl/α,β-unsaturated/α-hetero) is 1. The van der Waals surface area contributed by atoms with Gasteiger partial charge in [-0.15, -0.1) is 11.3 Å². The molecule has 0 atom stereocenters. The maximum absolute atomic E-state index is 12.7. The van der Waals surface area contributed by atoms with Gasteiger partial charge in [0.25, 0.3) is 0 Å². The molecule has 0 radical (unpaired) electrons. The third-order valence-corrected chi connectivity index (χ3v) is 4.61. The molecule has 1 aromatic heterocycles. The monoisotopic (exact) mass is 362 g/mol. The molecule has 0 spiro atoms. The Balaban J connectivity index is 2.47. The van der Waals surface area contributed by atoms with E-state index in [4.69, 9.17) is 0 Å². The van der Waals surface area contributed by atoms with Crippen molar-refractivity contribution in [3.05, 3.63) is 45.2 Å². The first kappa shape index (κ1) is 15.3. The number of carbonyl (C=O) groups excluding carboxylic acids is 1. The van der Waals surface area contributed by atoms with Crippen LogP contribution in [0, 0.1) is 0 Å². The van der Waals surface area contributed by atoms with Gasteiger partial charge in [-0.2, -0.15) is 13.2 Å². The summed E-state index contributed by atoms with van der Waals surface area (Å²) in [5, 5.41) is 0. The fraction of sp³-hybridized carbons (Fsp3) is 0.214. The zero-order valence-electron chi connectivity index (χ0n) is 10.4. The van der Waals surface area contributed by atoms with Crippen LogP contribution in [0.15, 0.2) is 34.8 Å². The van der Waals surface area contributed by atoms with Gasteiger partial charge in [0.1, 0.15) is 0 Å². The fourth-order valence-corrected chi connectivity index (χ4v) is 3.33. The van der Waals surface area contributed by atoms with Gasteiger partial charge in [0.15, 0.2) is 5.78 Å². The number of halogens is 4. The summed E-state index contributed by atoms with van der Waals surface area (Å²) in [5.74, 6) is -0.00986. The van der Waals surface area contributed by atoms with Gasteiger partial charge in [0, 0.05) is 21.3 Å². The van der Waals surface area contributed by atoms with Crippen LogP contribution >= 0.6 is 27.3 Å². The molecule has 6 heteroatoms. The van der Waals surface area contributed by atoms with Gasteiger partial charge in [0.2, 0.25) is 0 Å². The minimum atomic E-state index is -4.38. The van der Waals surface area contributed by atoms with Crippen LogP contribution in [-0.4, -0.2) is 5.78 Å². The van der Waals surface area contributed by atoms with Crippen LogP contribution in [0.2, 0.25) is 0 Å². The second-order valence-corrected chi connectivity index (χ2v) is 6.07. The van der Waals surface area contributed by atoms with E-state index in [1.54, 1.807) is 19.1 Å². The molecule has 0 unspecified atom stereocenters. The van der Waals surface area contributed by atoms with Gasteiger partial charge >= 0.3 is 6.18 Å². The Labute approximate surface area is 126 Å². The number of benzene rings is 1. The van der Waals surface area contributed by atoms with Crippen LogP contribution < -0.4 is 0 Å². The first-order valence-electron chi connectivity index (χ1n) is 5.83. The normalized spacial score (nSPS) is 11.7. The lowest BCUT2D eigenvalue weighted by Gasteiger charge is -2.09. The van der Waals surface area contributed by atoms with Crippen molar-refractivity contribution in [2.45, 2.75) is 19.5 Å². The highest BCUT2D eigenvalue weighted by Gasteiger charge is 2.31. The lowest BCUT2D eigenvalue weighted by molar-refractivity contribution is -0.137. The highest BCUT2D eigenvalue weighted by Crippen LogP contribution is 2.38. The summed E-state index contributed by atoms with van der Waals surface area (Å²) in [4.78, 5) is 12.8. The molecule has 106 valence electrons. The molecule has 20 heavy (non-hydrogen) atoms. The van der Waals surface area contributed by atoms with Crippen molar-refractivity contribution in [1.29, 1.82) is 0 Å². The summed E-state index contributed by atoms with van der Waals surface area (Å²) < 4.78 is 38.8. The van der Waals surface area contributed by atoms with Crippen molar-refractivity contribution >= 4 is 33.0 Å². The number of hydrogen-bond donors (Lipinski definition) is 0. The molecule has 1 nitrogen and oxygen atoms in total. The first-order valence-corrected chi connectivity index (χ1v) is 7.44. The lowest BCUT2D eigenvalue weighted by Crippen LogP contribution is -2.04. The number of ketones is 1. The number of carbonyl (C=O) groups is 1. The zero-order chi connectivity index (χ0) is 14.9. The molecule has 0 N–H and O–H groups in total. The maximum Gasteiger partial charge on any atom is 0.416 e. The van der Waals surface area contributed by atoms with Gasteiger partial charge in [-0.1, -0.05) is 22.9 Å². The van der Waals surface area contributed by atoms with Crippen LogP contribution in [0.1, 0.15) is 28.6 Å². The molecule has 0 amide bonds. The Kier molecular flexibility index (Phi) is 4.34. The minimum absolute atomic E-state index is 0.00986. The molecule has 0 bridgehead atoms. The van der Waals surface area contributed by atoms with E-state index in [-0.39, 0.29) is 5.78 Å². The number of rotatable bonds is 3. The highest BCUT2D eigenvalue weighted by atomic mass is 79.9. The standard InChI is InChI=1S/C14H10BrF3OS/c1-2-11(19)13-6-5-12(20-13)9-7-8(14(16,17)18)3-4-10(9)15/h3-7H,2H2,1H3. The molecule has 0 aliphatic rings. The topological polar surface area (TPSA) is 17.1 Å².